The lowest BCUT2D eigenvalue weighted by Gasteiger charge is -2.04. The maximum absolute atomic E-state index is 11.0. The molecule has 0 unspecified atom stereocenters. The van der Waals surface area contributed by atoms with Crippen LogP contribution in [0.15, 0.2) is 36.5 Å². The van der Waals surface area contributed by atoms with E-state index in [1.807, 2.05) is 32.0 Å². The van der Waals surface area contributed by atoms with Crippen molar-refractivity contribution in [2.24, 2.45) is 0 Å². The standard InChI is InChI=1S/C16H15N3O2/c1-9-3-4-11(7-10(9)2)14-15(17)19-8-12(16(20)21)5-6-13(19)18-14/h3-8H,17H2,1-2H3,(H,20,21). The molecule has 0 spiro atoms. The van der Waals surface area contributed by atoms with Crippen molar-refractivity contribution in [3.63, 3.8) is 0 Å². The van der Waals surface area contributed by atoms with Gasteiger partial charge in [0.1, 0.15) is 17.2 Å². The van der Waals surface area contributed by atoms with E-state index in [4.69, 9.17) is 10.8 Å². The number of imidazole rings is 1. The quantitative estimate of drug-likeness (QED) is 0.756. The number of fused-ring (bicyclic) bond motifs is 1. The van der Waals surface area contributed by atoms with Gasteiger partial charge in [-0.15, -0.1) is 0 Å². The number of aryl methyl sites for hydroxylation is 2. The number of anilines is 1. The summed E-state index contributed by atoms with van der Waals surface area (Å²) in [6.45, 7) is 4.08. The highest BCUT2D eigenvalue weighted by atomic mass is 16.4. The van der Waals surface area contributed by atoms with Gasteiger partial charge in [0.05, 0.1) is 5.56 Å². The van der Waals surface area contributed by atoms with Crippen LogP contribution < -0.4 is 5.73 Å². The van der Waals surface area contributed by atoms with Crippen molar-refractivity contribution >= 4 is 17.4 Å². The highest BCUT2D eigenvalue weighted by Crippen LogP contribution is 2.28. The van der Waals surface area contributed by atoms with Gasteiger partial charge in [0.2, 0.25) is 0 Å². The van der Waals surface area contributed by atoms with Crippen molar-refractivity contribution in [2.45, 2.75) is 13.8 Å². The molecule has 2 aromatic heterocycles. The number of nitrogens with zero attached hydrogens (tertiary/aromatic N) is 2. The predicted molar refractivity (Wildman–Crippen MR) is 81.5 cm³/mol. The molecule has 3 aromatic rings. The van der Waals surface area contributed by atoms with Crippen LogP contribution in [0.4, 0.5) is 5.82 Å². The van der Waals surface area contributed by atoms with Gasteiger partial charge in [-0.1, -0.05) is 12.1 Å². The molecule has 106 valence electrons. The van der Waals surface area contributed by atoms with Crippen LogP contribution in [0, 0.1) is 13.8 Å². The molecule has 0 aliphatic rings. The minimum atomic E-state index is -0.988. The minimum absolute atomic E-state index is 0.179. The molecule has 0 bridgehead atoms. The number of nitrogen functional groups attached to an aromatic ring is 1. The summed E-state index contributed by atoms with van der Waals surface area (Å²) >= 11 is 0. The average Bonchev–Trinajstić information content (AvgIpc) is 2.79. The van der Waals surface area contributed by atoms with E-state index in [9.17, 15) is 4.79 Å². The Balaban J connectivity index is 2.21. The topological polar surface area (TPSA) is 80.6 Å². The lowest BCUT2D eigenvalue weighted by molar-refractivity contribution is 0.0696. The normalized spacial score (nSPS) is 11.0. The molecule has 21 heavy (non-hydrogen) atoms. The number of carboxylic acid groups (broad SMARTS) is 1. The number of pyridine rings is 1. The first-order chi connectivity index (χ1) is 9.97. The molecule has 5 heteroatoms. The molecule has 3 N–H and O–H groups in total. The molecule has 1 aromatic carbocycles. The van der Waals surface area contributed by atoms with E-state index in [0.29, 0.717) is 17.2 Å². The van der Waals surface area contributed by atoms with Gasteiger partial charge in [0.25, 0.3) is 0 Å². The third kappa shape index (κ3) is 2.12. The number of hydrogen-bond acceptors (Lipinski definition) is 3. The van der Waals surface area contributed by atoms with Gasteiger partial charge in [-0.05, 0) is 43.2 Å². The van der Waals surface area contributed by atoms with E-state index in [1.54, 1.807) is 10.5 Å². The first-order valence-corrected chi connectivity index (χ1v) is 6.56. The van der Waals surface area contributed by atoms with Crippen LogP contribution in [0.25, 0.3) is 16.9 Å². The molecule has 2 heterocycles. The Morgan fingerprint density at radius 1 is 1.19 bits per heavy atom. The summed E-state index contributed by atoms with van der Waals surface area (Å²) in [5.74, 6) is -0.547. The number of rotatable bonds is 2. The Hall–Kier alpha value is -2.82. The van der Waals surface area contributed by atoms with E-state index in [-0.39, 0.29) is 5.56 Å². The number of carboxylic acids is 1. The van der Waals surface area contributed by atoms with Crippen molar-refractivity contribution in [1.82, 2.24) is 9.38 Å². The Morgan fingerprint density at radius 3 is 2.62 bits per heavy atom. The summed E-state index contributed by atoms with van der Waals surface area (Å²) in [7, 11) is 0. The molecule has 0 aliphatic heterocycles. The molecule has 0 atom stereocenters. The maximum Gasteiger partial charge on any atom is 0.337 e. The number of benzene rings is 1. The van der Waals surface area contributed by atoms with E-state index < -0.39 is 5.97 Å². The second-order valence-electron chi connectivity index (χ2n) is 5.10. The van der Waals surface area contributed by atoms with Crippen LogP contribution in [-0.2, 0) is 0 Å². The van der Waals surface area contributed by atoms with Gasteiger partial charge < -0.3 is 10.8 Å². The number of aromatic nitrogens is 2. The fourth-order valence-electron chi connectivity index (χ4n) is 2.29. The average molecular weight is 281 g/mol. The molecular weight excluding hydrogens is 266 g/mol. The van der Waals surface area contributed by atoms with Crippen molar-refractivity contribution in [1.29, 1.82) is 0 Å². The molecule has 0 saturated carbocycles. The summed E-state index contributed by atoms with van der Waals surface area (Å²) in [5, 5.41) is 9.05. The summed E-state index contributed by atoms with van der Waals surface area (Å²) in [4.78, 5) is 15.5. The monoisotopic (exact) mass is 281 g/mol. The first-order valence-electron chi connectivity index (χ1n) is 6.56. The second kappa shape index (κ2) is 4.63. The Labute approximate surface area is 121 Å². The zero-order valence-electron chi connectivity index (χ0n) is 11.8. The first kappa shape index (κ1) is 13.2. The van der Waals surface area contributed by atoms with Crippen LogP contribution in [0.5, 0.6) is 0 Å². The third-order valence-electron chi connectivity index (χ3n) is 3.68. The SMILES string of the molecule is Cc1ccc(-c2nc3ccc(C(=O)O)cn3c2N)cc1C. The van der Waals surface area contributed by atoms with Gasteiger partial charge in [-0.25, -0.2) is 9.78 Å². The molecule has 3 rings (SSSR count). The third-order valence-corrected chi connectivity index (χ3v) is 3.68. The summed E-state index contributed by atoms with van der Waals surface area (Å²) < 4.78 is 1.61. The molecule has 0 radical (unpaired) electrons. The van der Waals surface area contributed by atoms with Crippen molar-refractivity contribution < 1.29 is 9.90 Å². The van der Waals surface area contributed by atoms with Crippen LogP contribution >= 0.6 is 0 Å². The molecular formula is C16H15N3O2. The van der Waals surface area contributed by atoms with E-state index in [2.05, 4.69) is 4.98 Å². The second-order valence-corrected chi connectivity index (χ2v) is 5.10. The van der Waals surface area contributed by atoms with Crippen molar-refractivity contribution in [2.75, 3.05) is 5.73 Å². The van der Waals surface area contributed by atoms with Gasteiger partial charge >= 0.3 is 5.97 Å². The van der Waals surface area contributed by atoms with Crippen molar-refractivity contribution in [3.05, 3.63) is 53.2 Å². The number of aromatic carboxylic acids is 1. The van der Waals surface area contributed by atoms with Crippen LogP contribution in [0.1, 0.15) is 21.5 Å². The summed E-state index contributed by atoms with van der Waals surface area (Å²) in [6, 6.07) is 9.21. The maximum atomic E-state index is 11.0. The Kier molecular flexibility index (Phi) is 2.90. The number of nitrogens with two attached hydrogens (primary N) is 1. The molecule has 0 saturated heterocycles. The molecule has 0 amide bonds. The van der Waals surface area contributed by atoms with Crippen LogP contribution in [0.2, 0.25) is 0 Å². The molecule has 5 nitrogen and oxygen atoms in total. The summed E-state index contributed by atoms with van der Waals surface area (Å²) in [6.07, 6.45) is 1.49. The van der Waals surface area contributed by atoms with Crippen LogP contribution in [-0.4, -0.2) is 20.5 Å². The zero-order chi connectivity index (χ0) is 15.1. The summed E-state index contributed by atoms with van der Waals surface area (Å²) in [5.41, 5.74) is 10.9. The predicted octanol–water partition coefficient (Wildman–Crippen LogP) is 2.90. The largest absolute Gasteiger partial charge is 0.478 e. The van der Waals surface area contributed by atoms with E-state index in [1.165, 1.54) is 17.8 Å². The fourth-order valence-corrected chi connectivity index (χ4v) is 2.29. The lowest BCUT2D eigenvalue weighted by atomic mass is 10.0. The van der Waals surface area contributed by atoms with E-state index in [0.717, 1.165) is 11.1 Å². The highest BCUT2D eigenvalue weighted by Gasteiger charge is 2.13. The zero-order valence-corrected chi connectivity index (χ0v) is 11.8. The minimum Gasteiger partial charge on any atom is -0.478 e. The van der Waals surface area contributed by atoms with Gasteiger partial charge in [-0.3, -0.25) is 4.40 Å². The van der Waals surface area contributed by atoms with Crippen LogP contribution in [0.3, 0.4) is 0 Å². The molecule has 0 fully saturated rings. The molecule has 0 aliphatic carbocycles. The Bertz CT molecular complexity index is 865. The van der Waals surface area contributed by atoms with E-state index >= 15 is 0 Å². The number of hydrogen-bond donors (Lipinski definition) is 2. The number of carbonyl (C=O) groups is 1. The lowest BCUT2D eigenvalue weighted by Crippen LogP contribution is -2.00. The van der Waals surface area contributed by atoms with Gasteiger partial charge in [-0.2, -0.15) is 0 Å². The highest BCUT2D eigenvalue weighted by molar-refractivity contribution is 5.88. The smallest absolute Gasteiger partial charge is 0.337 e. The van der Waals surface area contributed by atoms with Crippen molar-refractivity contribution in [3.8, 4) is 11.3 Å². The van der Waals surface area contributed by atoms with Gasteiger partial charge in [0, 0.05) is 11.8 Å². The van der Waals surface area contributed by atoms with Gasteiger partial charge in [0.15, 0.2) is 0 Å². The fraction of sp³-hybridized carbons (Fsp3) is 0.125. The Morgan fingerprint density at radius 2 is 1.95 bits per heavy atom.